The summed E-state index contributed by atoms with van der Waals surface area (Å²) in [6.07, 6.45) is 1.11. The number of nitrogens with one attached hydrogen (secondary N) is 1. The molecule has 106 valence electrons. The Bertz CT molecular complexity index is 586. The molecule has 5 nitrogen and oxygen atoms in total. The van der Waals surface area contributed by atoms with Crippen LogP contribution in [0.5, 0.6) is 0 Å². The van der Waals surface area contributed by atoms with Crippen LogP contribution in [0.15, 0.2) is 24.3 Å². The number of benzene rings is 1. The number of carbonyl (C=O) groups excluding carboxylic acids is 1. The van der Waals surface area contributed by atoms with Crippen molar-refractivity contribution < 1.29 is 4.79 Å². The summed E-state index contributed by atoms with van der Waals surface area (Å²) in [6, 6.07) is 8.17. The molecular weight excluding hydrogens is 252 g/mol. The van der Waals surface area contributed by atoms with Crippen LogP contribution < -0.4 is 0 Å². The van der Waals surface area contributed by atoms with E-state index in [4.69, 9.17) is 0 Å². The van der Waals surface area contributed by atoms with Crippen LogP contribution >= 0.6 is 0 Å². The summed E-state index contributed by atoms with van der Waals surface area (Å²) in [4.78, 5) is 17.5. The first-order chi connectivity index (χ1) is 9.52. The molecule has 0 saturated carbocycles. The molecule has 1 heterocycles. The van der Waals surface area contributed by atoms with Crippen molar-refractivity contribution in [1.29, 1.82) is 0 Å². The van der Waals surface area contributed by atoms with Gasteiger partial charge in [-0.05, 0) is 17.9 Å². The van der Waals surface area contributed by atoms with Gasteiger partial charge in [-0.3, -0.25) is 9.89 Å². The average Bonchev–Trinajstić information content (AvgIpc) is 2.95. The summed E-state index contributed by atoms with van der Waals surface area (Å²) >= 11 is 0. The van der Waals surface area contributed by atoms with Crippen LogP contribution in [0.3, 0.4) is 0 Å². The predicted octanol–water partition coefficient (Wildman–Crippen LogP) is 2.69. The van der Waals surface area contributed by atoms with Crippen LogP contribution in [0.4, 0.5) is 0 Å². The van der Waals surface area contributed by atoms with Gasteiger partial charge in [0.2, 0.25) is 5.82 Å². The highest BCUT2D eigenvalue weighted by Crippen LogP contribution is 2.22. The molecule has 0 aliphatic rings. The summed E-state index contributed by atoms with van der Waals surface area (Å²) < 4.78 is 0. The molecule has 0 saturated heterocycles. The molecule has 0 aliphatic heterocycles. The average molecular weight is 272 g/mol. The zero-order valence-electron chi connectivity index (χ0n) is 12.3. The minimum absolute atomic E-state index is 0.181. The molecule has 0 aliphatic carbocycles. The lowest BCUT2D eigenvalue weighted by Crippen LogP contribution is -2.22. The third kappa shape index (κ3) is 2.87. The van der Waals surface area contributed by atoms with Crippen molar-refractivity contribution in [2.75, 3.05) is 14.1 Å². The highest BCUT2D eigenvalue weighted by molar-refractivity contribution is 5.90. The minimum atomic E-state index is -0.181. The van der Waals surface area contributed by atoms with Crippen molar-refractivity contribution in [3.8, 4) is 11.4 Å². The maximum Gasteiger partial charge on any atom is 0.290 e. The van der Waals surface area contributed by atoms with E-state index in [-0.39, 0.29) is 11.7 Å². The Morgan fingerprint density at radius 1 is 1.30 bits per heavy atom. The van der Waals surface area contributed by atoms with E-state index in [2.05, 4.69) is 41.2 Å². The van der Waals surface area contributed by atoms with Crippen LogP contribution in [-0.4, -0.2) is 40.1 Å². The molecule has 20 heavy (non-hydrogen) atoms. The molecule has 0 radical (unpaired) electrons. The first-order valence-electron chi connectivity index (χ1n) is 6.77. The summed E-state index contributed by atoms with van der Waals surface area (Å²) in [5, 5.41) is 6.78. The lowest BCUT2D eigenvalue weighted by molar-refractivity contribution is 0.0816. The number of rotatable bonds is 4. The van der Waals surface area contributed by atoms with Gasteiger partial charge < -0.3 is 4.90 Å². The van der Waals surface area contributed by atoms with Crippen molar-refractivity contribution in [2.45, 2.75) is 26.2 Å². The first kappa shape index (κ1) is 14.2. The second-order valence-electron chi connectivity index (χ2n) is 5.14. The molecule has 1 atom stereocenters. The van der Waals surface area contributed by atoms with Gasteiger partial charge in [-0.2, -0.15) is 5.10 Å². The van der Waals surface area contributed by atoms with Crippen LogP contribution in [0.25, 0.3) is 11.4 Å². The number of aromatic nitrogens is 3. The third-order valence-electron chi connectivity index (χ3n) is 3.44. The Morgan fingerprint density at radius 3 is 2.50 bits per heavy atom. The number of carbonyl (C=O) groups is 1. The Kier molecular flexibility index (Phi) is 4.17. The predicted molar refractivity (Wildman–Crippen MR) is 78.5 cm³/mol. The standard InChI is InChI=1S/C15H20N4O/c1-5-10(2)11-6-8-12(9-7-11)13-16-14(18-17-13)15(20)19(3)4/h6-10H,5H2,1-4H3,(H,16,17,18)/t10-/m1/s1. The second kappa shape index (κ2) is 5.86. The van der Waals surface area contributed by atoms with E-state index in [1.807, 2.05) is 12.1 Å². The molecule has 0 fully saturated rings. The number of hydrogen-bond donors (Lipinski definition) is 1. The van der Waals surface area contributed by atoms with Gasteiger partial charge in [0.1, 0.15) is 0 Å². The lowest BCUT2D eigenvalue weighted by Gasteiger charge is -2.08. The van der Waals surface area contributed by atoms with E-state index in [1.165, 1.54) is 10.5 Å². The topological polar surface area (TPSA) is 61.9 Å². The van der Waals surface area contributed by atoms with Gasteiger partial charge in [-0.1, -0.05) is 38.1 Å². The fourth-order valence-electron chi connectivity index (χ4n) is 1.89. The van der Waals surface area contributed by atoms with Crippen LogP contribution in [0.1, 0.15) is 42.4 Å². The highest BCUT2D eigenvalue weighted by atomic mass is 16.2. The molecule has 0 bridgehead atoms. The van der Waals surface area contributed by atoms with E-state index in [0.717, 1.165) is 12.0 Å². The number of hydrogen-bond acceptors (Lipinski definition) is 3. The zero-order valence-corrected chi connectivity index (χ0v) is 12.3. The molecule has 2 rings (SSSR count). The van der Waals surface area contributed by atoms with Crippen LogP contribution in [-0.2, 0) is 0 Å². The maximum atomic E-state index is 11.8. The van der Waals surface area contributed by atoms with E-state index >= 15 is 0 Å². The normalized spacial score (nSPS) is 12.2. The van der Waals surface area contributed by atoms with Crippen LogP contribution in [0, 0.1) is 0 Å². The minimum Gasteiger partial charge on any atom is -0.342 e. The molecule has 0 unspecified atom stereocenters. The van der Waals surface area contributed by atoms with E-state index in [9.17, 15) is 4.79 Å². The summed E-state index contributed by atoms with van der Waals surface area (Å²) in [5.41, 5.74) is 2.21. The Hall–Kier alpha value is -2.17. The number of nitrogens with zero attached hydrogens (tertiary/aromatic N) is 3. The Morgan fingerprint density at radius 2 is 1.95 bits per heavy atom. The molecule has 0 spiro atoms. The zero-order chi connectivity index (χ0) is 14.7. The van der Waals surface area contributed by atoms with Crippen molar-refractivity contribution >= 4 is 5.91 Å². The van der Waals surface area contributed by atoms with Gasteiger partial charge in [0.05, 0.1) is 0 Å². The maximum absolute atomic E-state index is 11.8. The largest absolute Gasteiger partial charge is 0.342 e. The monoisotopic (exact) mass is 272 g/mol. The lowest BCUT2D eigenvalue weighted by atomic mass is 9.97. The summed E-state index contributed by atoms with van der Waals surface area (Å²) in [6.45, 7) is 4.38. The van der Waals surface area contributed by atoms with Crippen molar-refractivity contribution in [3.05, 3.63) is 35.7 Å². The molecule has 1 amide bonds. The van der Waals surface area contributed by atoms with E-state index in [1.54, 1.807) is 14.1 Å². The third-order valence-corrected chi connectivity index (χ3v) is 3.44. The van der Waals surface area contributed by atoms with Gasteiger partial charge >= 0.3 is 0 Å². The van der Waals surface area contributed by atoms with Gasteiger partial charge in [0.15, 0.2) is 5.82 Å². The molecular formula is C15H20N4O. The summed E-state index contributed by atoms with van der Waals surface area (Å²) in [7, 11) is 3.37. The van der Waals surface area contributed by atoms with Crippen LogP contribution in [0.2, 0.25) is 0 Å². The van der Waals surface area contributed by atoms with Gasteiger partial charge in [0.25, 0.3) is 5.91 Å². The fraction of sp³-hybridized carbons (Fsp3) is 0.400. The van der Waals surface area contributed by atoms with Crippen molar-refractivity contribution in [2.24, 2.45) is 0 Å². The Labute approximate surface area is 119 Å². The van der Waals surface area contributed by atoms with E-state index in [0.29, 0.717) is 11.7 Å². The fourth-order valence-corrected chi connectivity index (χ4v) is 1.89. The molecule has 2 aromatic rings. The number of aromatic amines is 1. The smallest absolute Gasteiger partial charge is 0.290 e. The second-order valence-corrected chi connectivity index (χ2v) is 5.14. The number of H-pyrrole nitrogens is 1. The quantitative estimate of drug-likeness (QED) is 0.930. The molecule has 1 N–H and O–H groups in total. The molecule has 1 aromatic heterocycles. The van der Waals surface area contributed by atoms with Gasteiger partial charge in [0, 0.05) is 19.7 Å². The molecule has 5 heteroatoms. The summed E-state index contributed by atoms with van der Waals surface area (Å²) in [5.74, 6) is 1.17. The van der Waals surface area contributed by atoms with Gasteiger partial charge in [-0.15, -0.1) is 0 Å². The first-order valence-corrected chi connectivity index (χ1v) is 6.77. The van der Waals surface area contributed by atoms with E-state index < -0.39 is 0 Å². The highest BCUT2D eigenvalue weighted by Gasteiger charge is 2.14. The van der Waals surface area contributed by atoms with Gasteiger partial charge in [-0.25, -0.2) is 4.98 Å². The van der Waals surface area contributed by atoms with Crippen molar-refractivity contribution in [3.63, 3.8) is 0 Å². The Balaban J connectivity index is 2.22. The SMILES string of the molecule is CC[C@@H](C)c1ccc(-c2n[nH]c(C(=O)N(C)C)n2)cc1. The van der Waals surface area contributed by atoms with Crippen molar-refractivity contribution in [1.82, 2.24) is 20.1 Å². The number of amides is 1. The molecule has 1 aromatic carbocycles.